The molecule has 0 amide bonds. The summed E-state index contributed by atoms with van der Waals surface area (Å²) in [5, 5.41) is 0. The van der Waals surface area contributed by atoms with E-state index in [-0.39, 0.29) is 11.1 Å². The third kappa shape index (κ3) is 1.71. The normalized spacial score (nSPS) is 31.2. The van der Waals surface area contributed by atoms with Gasteiger partial charge in [0.25, 0.3) is 0 Å². The lowest BCUT2D eigenvalue weighted by Crippen LogP contribution is -2.64. The Bertz CT molecular complexity index is 240. The van der Waals surface area contributed by atoms with Gasteiger partial charge in [-0.2, -0.15) is 0 Å². The fourth-order valence-corrected chi connectivity index (χ4v) is 2.68. The highest BCUT2D eigenvalue weighted by Gasteiger charge is 2.56. The number of ether oxygens (including phenoxy) is 2. The minimum Gasteiger partial charge on any atom is -0.372 e. The molecular formula is C12H23NO2. The van der Waals surface area contributed by atoms with E-state index in [4.69, 9.17) is 9.47 Å². The molecule has 0 saturated carbocycles. The van der Waals surface area contributed by atoms with Crippen molar-refractivity contribution in [1.29, 1.82) is 0 Å². The van der Waals surface area contributed by atoms with E-state index in [9.17, 15) is 0 Å². The summed E-state index contributed by atoms with van der Waals surface area (Å²) in [4.78, 5) is 2.51. The molecule has 0 aliphatic carbocycles. The highest BCUT2D eigenvalue weighted by atomic mass is 16.6. The van der Waals surface area contributed by atoms with Crippen LogP contribution >= 0.6 is 0 Å². The van der Waals surface area contributed by atoms with E-state index in [0.29, 0.717) is 12.1 Å². The molecule has 3 heteroatoms. The van der Waals surface area contributed by atoms with Gasteiger partial charge in [0.2, 0.25) is 0 Å². The lowest BCUT2D eigenvalue weighted by atomic mass is 9.85. The molecule has 0 unspecified atom stereocenters. The van der Waals surface area contributed by atoms with E-state index in [1.165, 1.54) is 0 Å². The maximum Gasteiger partial charge on any atom is 0.169 e. The third-order valence-corrected chi connectivity index (χ3v) is 3.53. The average Bonchev–Trinajstić information content (AvgIpc) is 2.40. The number of hydrogen-bond donors (Lipinski definition) is 0. The summed E-state index contributed by atoms with van der Waals surface area (Å²) in [6.07, 6.45) is 0. The third-order valence-electron chi connectivity index (χ3n) is 3.53. The Morgan fingerprint density at radius 1 is 1.27 bits per heavy atom. The van der Waals surface area contributed by atoms with Crippen molar-refractivity contribution in [1.82, 2.24) is 4.90 Å². The zero-order chi connectivity index (χ0) is 11.3. The predicted molar refractivity (Wildman–Crippen MR) is 59.7 cm³/mol. The monoisotopic (exact) mass is 213 g/mol. The first-order valence-corrected chi connectivity index (χ1v) is 5.87. The molecule has 2 saturated heterocycles. The number of hydrogen-bond acceptors (Lipinski definition) is 3. The highest BCUT2D eigenvalue weighted by molar-refractivity contribution is 5.01. The Balaban J connectivity index is 2.21. The van der Waals surface area contributed by atoms with E-state index >= 15 is 0 Å². The van der Waals surface area contributed by atoms with E-state index in [0.717, 1.165) is 19.8 Å². The molecule has 1 atom stereocenters. The zero-order valence-electron chi connectivity index (χ0n) is 10.5. The summed E-state index contributed by atoms with van der Waals surface area (Å²) in [6.45, 7) is 13.7. The molecule has 3 nitrogen and oxygen atoms in total. The van der Waals surface area contributed by atoms with E-state index in [1.807, 2.05) is 0 Å². The van der Waals surface area contributed by atoms with Gasteiger partial charge in [0.05, 0.1) is 19.8 Å². The minimum absolute atomic E-state index is 0.105. The van der Waals surface area contributed by atoms with Gasteiger partial charge in [0.15, 0.2) is 5.72 Å². The molecule has 0 bridgehead atoms. The lowest BCUT2D eigenvalue weighted by molar-refractivity contribution is -0.251. The van der Waals surface area contributed by atoms with Gasteiger partial charge in [-0.15, -0.1) is 0 Å². The molecule has 2 rings (SSSR count). The quantitative estimate of drug-likeness (QED) is 0.663. The molecule has 2 heterocycles. The van der Waals surface area contributed by atoms with Gasteiger partial charge in [-0.1, -0.05) is 20.8 Å². The molecule has 0 aromatic rings. The van der Waals surface area contributed by atoms with Crippen LogP contribution in [0.4, 0.5) is 0 Å². The molecule has 0 aromatic heterocycles. The SMILES string of the molecule is CC(C)N1[C@H](C(C)(C)C)COC12COC2. The topological polar surface area (TPSA) is 21.7 Å². The first-order valence-electron chi connectivity index (χ1n) is 5.87. The van der Waals surface area contributed by atoms with Crippen molar-refractivity contribution < 1.29 is 9.47 Å². The molecule has 0 radical (unpaired) electrons. The summed E-state index contributed by atoms with van der Waals surface area (Å²) in [6, 6.07) is 1.02. The summed E-state index contributed by atoms with van der Waals surface area (Å²) < 4.78 is 11.3. The zero-order valence-corrected chi connectivity index (χ0v) is 10.5. The summed E-state index contributed by atoms with van der Waals surface area (Å²) in [7, 11) is 0. The molecule has 1 spiro atoms. The van der Waals surface area contributed by atoms with E-state index < -0.39 is 0 Å². The Morgan fingerprint density at radius 3 is 2.20 bits per heavy atom. The second kappa shape index (κ2) is 3.44. The second-order valence-corrected chi connectivity index (χ2v) is 6.13. The van der Waals surface area contributed by atoms with Crippen LogP contribution in [0.2, 0.25) is 0 Å². The van der Waals surface area contributed by atoms with E-state index in [2.05, 4.69) is 39.5 Å². The lowest BCUT2D eigenvalue weighted by Gasteiger charge is -2.49. The standard InChI is InChI=1S/C12H23NO2/c1-9(2)13-10(11(3,4)5)6-15-12(13)7-14-8-12/h9-10H,6-8H2,1-5H3/t10-/m0/s1. The Hall–Kier alpha value is -0.120. The van der Waals surface area contributed by atoms with Gasteiger partial charge in [-0.3, -0.25) is 4.90 Å². The number of rotatable bonds is 1. The Kier molecular flexibility index (Phi) is 2.61. The van der Waals surface area contributed by atoms with Crippen molar-refractivity contribution >= 4 is 0 Å². The minimum atomic E-state index is -0.105. The molecule has 88 valence electrons. The van der Waals surface area contributed by atoms with Crippen molar-refractivity contribution in [2.45, 2.75) is 52.4 Å². The maximum atomic E-state index is 5.99. The van der Waals surface area contributed by atoms with Crippen LogP contribution in [-0.4, -0.2) is 42.5 Å². The van der Waals surface area contributed by atoms with Crippen LogP contribution in [0.3, 0.4) is 0 Å². The summed E-state index contributed by atoms with van der Waals surface area (Å²) >= 11 is 0. The Labute approximate surface area is 92.7 Å². The fraction of sp³-hybridized carbons (Fsp3) is 1.00. The number of nitrogens with zero attached hydrogens (tertiary/aromatic N) is 1. The maximum absolute atomic E-state index is 5.99. The van der Waals surface area contributed by atoms with Gasteiger partial charge < -0.3 is 9.47 Å². The first kappa shape index (κ1) is 11.4. The van der Waals surface area contributed by atoms with Crippen molar-refractivity contribution in [2.75, 3.05) is 19.8 Å². The van der Waals surface area contributed by atoms with Crippen LogP contribution in [0.5, 0.6) is 0 Å². The summed E-state index contributed by atoms with van der Waals surface area (Å²) in [5.41, 5.74) is 0.162. The van der Waals surface area contributed by atoms with Crippen LogP contribution in [0.1, 0.15) is 34.6 Å². The Morgan fingerprint density at radius 2 is 1.87 bits per heavy atom. The van der Waals surface area contributed by atoms with Crippen LogP contribution < -0.4 is 0 Å². The van der Waals surface area contributed by atoms with Crippen molar-refractivity contribution in [3.63, 3.8) is 0 Å². The predicted octanol–water partition coefficient (Wildman–Crippen LogP) is 1.87. The second-order valence-electron chi connectivity index (χ2n) is 6.13. The van der Waals surface area contributed by atoms with Gasteiger partial charge in [0.1, 0.15) is 0 Å². The average molecular weight is 213 g/mol. The van der Waals surface area contributed by atoms with E-state index in [1.54, 1.807) is 0 Å². The van der Waals surface area contributed by atoms with Crippen molar-refractivity contribution in [3.05, 3.63) is 0 Å². The summed E-state index contributed by atoms with van der Waals surface area (Å²) in [5.74, 6) is 0. The molecule has 0 aromatic carbocycles. The fourth-order valence-electron chi connectivity index (χ4n) is 2.68. The van der Waals surface area contributed by atoms with Crippen LogP contribution in [0.25, 0.3) is 0 Å². The van der Waals surface area contributed by atoms with Gasteiger partial charge in [-0.25, -0.2) is 0 Å². The van der Waals surface area contributed by atoms with Gasteiger partial charge in [0, 0.05) is 12.1 Å². The molecule has 2 aliphatic rings. The van der Waals surface area contributed by atoms with Crippen LogP contribution in [0, 0.1) is 5.41 Å². The smallest absolute Gasteiger partial charge is 0.169 e. The first-order chi connectivity index (χ1) is 6.87. The van der Waals surface area contributed by atoms with Crippen molar-refractivity contribution in [3.8, 4) is 0 Å². The molecule has 15 heavy (non-hydrogen) atoms. The van der Waals surface area contributed by atoms with Gasteiger partial charge >= 0.3 is 0 Å². The molecule has 2 fully saturated rings. The molecule has 2 aliphatic heterocycles. The molecule has 0 N–H and O–H groups in total. The highest BCUT2D eigenvalue weighted by Crippen LogP contribution is 2.41. The largest absolute Gasteiger partial charge is 0.372 e. The van der Waals surface area contributed by atoms with Crippen LogP contribution in [-0.2, 0) is 9.47 Å². The molecular weight excluding hydrogens is 190 g/mol. The van der Waals surface area contributed by atoms with Gasteiger partial charge in [-0.05, 0) is 19.3 Å². The van der Waals surface area contributed by atoms with Crippen molar-refractivity contribution in [2.24, 2.45) is 5.41 Å². The van der Waals surface area contributed by atoms with Crippen LogP contribution in [0.15, 0.2) is 0 Å².